The van der Waals surface area contributed by atoms with E-state index in [9.17, 15) is 4.79 Å². The molecule has 1 heterocycles. The van der Waals surface area contributed by atoms with E-state index < -0.39 is 6.04 Å². The van der Waals surface area contributed by atoms with Crippen LogP contribution >= 0.6 is 0 Å². The van der Waals surface area contributed by atoms with Crippen LogP contribution in [0.15, 0.2) is 4.42 Å². The molecular formula is C11H17NO4. The normalized spacial score (nSPS) is 10.9. The van der Waals surface area contributed by atoms with Gasteiger partial charge in [0, 0.05) is 5.56 Å². The molecule has 0 aliphatic heterocycles. The van der Waals surface area contributed by atoms with Gasteiger partial charge in [-0.2, -0.15) is 0 Å². The zero-order valence-electron chi connectivity index (χ0n) is 9.70. The molecule has 0 aromatic carbocycles. The van der Waals surface area contributed by atoms with Gasteiger partial charge in [-0.25, -0.2) is 0 Å². The van der Waals surface area contributed by atoms with E-state index in [0.717, 1.165) is 5.56 Å². The van der Waals surface area contributed by atoms with Gasteiger partial charge < -0.3 is 19.9 Å². The van der Waals surface area contributed by atoms with Gasteiger partial charge in [-0.1, -0.05) is 0 Å². The van der Waals surface area contributed by atoms with Crippen molar-refractivity contribution in [3.05, 3.63) is 22.6 Å². The van der Waals surface area contributed by atoms with E-state index in [1.165, 1.54) is 0 Å². The molecule has 1 amide bonds. The predicted molar refractivity (Wildman–Crippen MR) is 58.3 cm³/mol. The van der Waals surface area contributed by atoms with Crippen LogP contribution in [0.2, 0.25) is 0 Å². The van der Waals surface area contributed by atoms with E-state index in [-0.39, 0.29) is 19.1 Å². The Balaban J connectivity index is 2.88. The number of amides is 1. The highest BCUT2D eigenvalue weighted by atomic mass is 16.3. The summed E-state index contributed by atoms with van der Waals surface area (Å²) in [6, 6.07) is -0.637. The van der Waals surface area contributed by atoms with Crippen LogP contribution in [-0.2, 0) is 0 Å². The number of aliphatic hydroxyl groups excluding tert-OH is 2. The minimum Gasteiger partial charge on any atom is -0.466 e. The second-order valence-electron chi connectivity index (χ2n) is 3.75. The first kappa shape index (κ1) is 12.7. The van der Waals surface area contributed by atoms with Crippen LogP contribution in [0.3, 0.4) is 0 Å². The van der Waals surface area contributed by atoms with Gasteiger partial charge in [0.25, 0.3) is 5.91 Å². The molecule has 0 saturated carbocycles. The minimum absolute atomic E-state index is 0.294. The van der Waals surface area contributed by atoms with E-state index >= 15 is 0 Å². The van der Waals surface area contributed by atoms with Crippen LogP contribution in [0.4, 0.5) is 0 Å². The summed E-state index contributed by atoms with van der Waals surface area (Å²) < 4.78 is 5.33. The molecule has 0 unspecified atom stereocenters. The maximum atomic E-state index is 11.8. The third-order valence-electron chi connectivity index (χ3n) is 2.56. The molecule has 0 aliphatic rings. The van der Waals surface area contributed by atoms with Gasteiger partial charge in [-0.15, -0.1) is 0 Å². The SMILES string of the molecule is Cc1oc(C)c(C(=O)NC(CO)CO)c1C. The Hall–Kier alpha value is -1.33. The first-order valence-electron chi connectivity index (χ1n) is 5.10. The lowest BCUT2D eigenvalue weighted by molar-refractivity contribution is 0.0877. The third kappa shape index (κ3) is 2.43. The molecule has 1 aromatic rings. The average molecular weight is 227 g/mol. The third-order valence-corrected chi connectivity index (χ3v) is 2.56. The van der Waals surface area contributed by atoms with Gasteiger partial charge in [0.2, 0.25) is 0 Å². The Morgan fingerprint density at radius 1 is 1.25 bits per heavy atom. The van der Waals surface area contributed by atoms with Gasteiger partial charge >= 0.3 is 0 Å². The second kappa shape index (κ2) is 5.14. The number of nitrogens with one attached hydrogen (secondary N) is 1. The van der Waals surface area contributed by atoms with Crippen molar-refractivity contribution in [1.29, 1.82) is 0 Å². The van der Waals surface area contributed by atoms with Crippen LogP contribution in [0, 0.1) is 20.8 Å². The lowest BCUT2D eigenvalue weighted by atomic mass is 10.1. The summed E-state index contributed by atoms with van der Waals surface area (Å²) in [6.07, 6.45) is 0. The van der Waals surface area contributed by atoms with Gasteiger partial charge in [-0.3, -0.25) is 4.79 Å². The Morgan fingerprint density at radius 2 is 1.81 bits per heavy atom. The molecule has 1 aromatic heterocycles. The van der Waals surface area contributed by atoms with Gasteiger partial charge in [-0.05, 0) is 20.8 Å². The van der Waals surface area contributed by atoms with E-state index in [0.29, 0.717) is 17.1 Å². The number of rotatable bonds is 4. The number of aryl methyl sites for hydroxylation is 2. The summed E-state index contributed by atoms with van der Waals surface area (Å²) in [7, 11) is 0. The zero-order valence-corrected chi connectivity index (χ0v) is 9.70. The quantitative estimate of drug-likeness (QED) is 0.690. The standard InChI is InChI=1S/C11H17NO4/c1-6-7(2)16-8(3)10(6)11(15)12-9(4-13)5-14/h9,13-14H,4-5H2,1-3H3,(H,12,15). The molecule has 1 rings (SSSR count). The largest absolute Gasteiger partial charge is 0.466 e. The lowest BCUT2D eigenvalue weighted by Crippen LogP contribution is -2.40. The van der Waals surface area contributed by atoms with Crippen molar-refractivity contribution in [1.82, 2.24) is 5.32 Å². The Bertz CT molecular complexity index is 380. The van der Waals surface area contributed by atoms with Gasteiger partial charge in [0.05, 0.1) is 24.8 Å². The number of carbonyl (C=O) groups is 1. The molecule has 5 heteroatoms. The molecule has 16 heavy (non-hydrogen) atoms. The van der Waals surface area contributed by atoms with Crippen molar-refractivity contribution < 1.29 is 19.4 Å². The van der Waals surface area contributed by atoms with Crippen LogP contribution in [-0.4, -0.2) is 35.4 Å². The van der Waals surface area contributed by atoms with Crippen molar-refractivity contribution in [2.75, 3.05) is 13.2 Å². The highest BCUT2D eigenvalue weighted by Crippen LogP contribution is 2.20. The van der Waals surface area contributed by atoms with E-state index in [2.05, 4.69) is 5.32 Å². The topological polar surface area (TPSA) is 82.7 Å². The summed E-state index contributed by atoms with van der Waals surface area (Å²) in [5, 5.41) is 20.3. The summed E-state index contributed by atoms with van der Waals surface area (Å²) >= 11 is 0. The highest BCUT2D eigenvalue weighted by molar-refractivity contribution is 5.97. The molecule has 5 nitrogen and oxygen atoms in total. The highest BCUT2D eigenvalue weighted by Gasteiger charge is 2.20. The van der Waals surface area contributed by atoms with Crippen molar-refractivity contribution >= 4 is 5.91 Å². The first-order valence-corrected chi connectivity index (χ1v) is 5.10. The minimum atomic E-state index is -0.637. The second-order valence-corrected chi connectivity index (χ2v) is 3.75. The van der Waals surface area contributed by atoms with Crippen LogP contribution in [0.1, 0.15) is 27.4 Å². The van der Waals surface area contributed by atoms with Crippen LogP contribution < -0.4 is 5.32 Å². The summed E-state index contributed by atoms with van der Waals surface area (Å²) in [5.41, 5.74) is 1.26. The molecule has 0 aliphatic carbocycles. The molecule has 0 fully saturated rings. The van der Waals surface area contributed by atoms with Crippen molar-refractivity contribution in [2.45, 2.75) is 26.8 Å². The van der Waals surface area contributed by atoms with E-state index in [1.54, 1.807) is 20.8 Å². The molecule has 0 atom stereocenters. The van der Waals surface area contributed by atoms with E-state index in [1.807, 2.05) is 0 Å². The predicted octanol–water partition coefficient (Wildman–Crippen LogP) is 0.288. The lowest BCUT2D eigenvalue weighted by Gasteiger charge is -2.13. The molecular weight excluding hydrogens is 210 g/mol. The van der Waals surface area contributed by atoms with Crippen LogP contribution in [0.5, 0.6) is 0 Å². The monoisotopic (exact) mass is 227 g/mol. The maximum Gasteiger partial charge on any atom is 0.255 e. The average Bonchev–Trinajstić information content (AvgIpc) is 2.49. The fourth-order valence-corrected chi connectivity index (χ4v) is 1.53. The van der Waals surface area contributed by atoms with Crippen molar-refractivity contribution in [3.8, 4) is 0 Å². The molecule has 0 radical (unpaired) electrons. The Morgan fingerprint density at radius 3 is 2.19 bits per heavy atom. The summed E-state index contributed by atoms with van der Waals surface area (Å²) in [4.78, 5) is 11.8. The number of furan rings is 1. The summed E-state index contributed by atoms with van der Waals surface area (Å²) in [6.45, 7) is 4.71. The van der Waals surface area contributed by atoms with Crippen LogP contribution in [0.25, 0.3) is 0 Å². The fourth-order valence-electron chi connectivity index (χ4n) is 1.53. The molecule has 0 saturated heterocycles. The number of carbonyl (C=O) groups excluding carboxylic acids is 1. The molecule has 0 bridgehead atoms. The van der Waals surface area contributed by atoms with E-state index in [4.69, 9.17) is 14.6 Å². The Labute approximate surface area is 94.1 Å². The van der Waals surface area contributed by atoms with Crippen molar-refractivity contribution in [3.63, 3.8) is 0 Å². The molecule has 0 spiro atoms. The van der Waals surface area contributed by atoms with Crippen molar-refractivity contribution in [2.24, 2.45) is 0 Å². The summed E-state index contributed by atoms with van der Waals surface area (Å²) in [5.74, 6) is 0.911. The smallest absolute Gasteiger partial charge is 0.255 e. The zero-order chi connectivity index (χ0) is 12.3. The molecule has 3 N–H and O–H groups in total. The van der Waals surface area contributed by atoms with Gasteiger partial charge in [0.1, 0.15) is 11.5 Å². The molecule has 90 valence electrons. The number of aliphatic hydroxyl groups is 2. The maximum absolute atomic E-state index is 11.8. The first-order chi connectivity index (χ1) is 7.51. The number of hydrogen-bond donors (Lipinski definition) is 3. The fraction of sp³-hybridized carbons (Fsp3) is 0.545. The van der Waals surface area contributed by atoms with Gasteiger partial charge in [0.15, 0.2) is 0 Å². The number of hydrogen-bond acceptors (Lipinski definition) is 4. The Kier molecular flexibility index (Phi) is 4.09.